The van der Waals surface area contributed by atoms with Gasteiger partial charge in [0.1, 0.15) is 11.4 Å². The molecule has 5 rings (SSSR count). The Balaban J connectivity index is 1.45. The van der Waals surface area contributed by atoms with Gasteiger partial charge in [-0.2, -0.15) is 0 Å². The van der Waals surface area contributed by atoms with Gasteiger partial charge in [0.05, 0.1) is 0 Å². The molecule has 0 spiro atoms. The SMILES string of the molecule is Cc1ccc2c(c1)CC(c1cccc(F)c1)(N1CCN(Cc3ccccc3)CC1)C2=O. The molecule has 0 amide bonds. The minimum atomic E-state index is -0.822. The van der Waals surface area contributed by atoms with Crippen molar-refractivity contribution in [3.63, 3.8) is 0 Å². The molecule has 1 saturated heterocycles. The summed E-state index contributed by atoms with van der Waals surface area (Å²) in [6, 6.07) is 23.2. The molecule has 1 heterocycles. The molecule has 0 bridgehead atoms. The van der Waals surface area contributed by atoms with Crippen LogP contribution in [-0.2, 0) is 18.5 Å². The second-order valence-electron chi connectivity index (χ2n) is 8.79. The Bertz CT molecular complexity index is 1110. The standard InChI is InChI=1S/C27H27FN2O/c1-20-10-11-25-22(16-20)18-27(26(25)31,23-8-5-9-24(28)17-23)30-14-12-29(13-15-30)19-21-6-3-2-4-7-21/h2-11,16-17H,12-15,18-19H2,1H3. The van der Waals surface area contributed by atoms with Crippen molar-refractivity contribution in [2.45, 2.75) is 25.4 Å². The Kier molecular flexibility index (Phi) is 5.20. The predicted octanol–water partition coefficient (Wildman–Crippen LogP) is 4.59. The van der Waals surface area contributed by atoms with Crippen LogP contribution < -0.4 is 0 Å². The molecular formula is C27H27FN2O. The molecule has 0 aromatic heterocycles. The van der Waals surface area contributed by atoms with Crippen LogP contribution in [0.3, 0.4) is 0 Å². The van der Waals surface area contributed by atoms with Gasteiger partial charge in [0.2, 0.25) is 0 Å². The first-order valence-corrected chi connectivity index (χ1v) is 11.0. The summed E-state index contributed by atoms with van der Waals surface area (Å²) >= 11 is 0. The van der Waals surface area contributed by atoms with Crippen molar-refractivity contribution < 1.29 is 9.18 Å². The maximum Gasteiger partial charge on any atom is 0.188 e. The molecule has 158 valence electrons. The van der Waals surface area contributed by atoms with Crippen molar-refractivity contribution in [1.29, 1.82) is 0 Å². The Labute approximate surface area is 183 Å². The number of rotatable bonds is 4. The van der Waals surface area contributed by atoms with Gasteiger partial charge in [-0.05, 0) is 35.7 Å². The number of carbonyl (C=O) groups is 1. The number of hydrogen-bond donors (Lipinski definition) is 0. The van der Waals surface area contributed by atoms with Gasteiger partial charge in [0.15, 0.2) is 5.78 Å². The van der Waals surface area contributed by atoms with E-state index in [0.717, 1.165) is 55.0 Å². The van der Waals surface area contributed by atoms with E-state index in [1.165, 1.54) is 11.6 Å². The highest BCUT2D eigenvalue weighted by atomic mass is 19.1. The zero-order chi connectivity index (χ0) is 21.4. The highest BCUT2D eigenvalue weighted by Gasteiger charge is 2.51. The number of benzene rings is 3. The van der Waals surface area contributed by atoms with Crippen molar-refractivity contribution in [3.05, 3.63) is 106 Å². The largest absolute Gasteiger partial charge is 0.297 e. The van der Waals surface area contributed by atoms with Crippen LogP contribution in [0.1, 0.15) is 32.6 Å². The van der Waals surface area contributed by atoms with E-state index in [0.29, 0.717) is 6.42 Å². The molecule has 4 heteroatoms. The maximum absolute atomic E-state index is 14.2. The number of piperazine rings is 1. The van der Waals surface area contributed by atoms with Gasteiger partial charge >= 0.3 is 0 Å². The Hall–Kier alpha value is -2.82. The lowest BCUT2D eigenvalue weighted by Gasteiger charge is -2.45. The van der Waals surface area contributed by atoms with Gasteiger partial charge in [-0.15, -0.1) is 0 Å². The van der Waals surface area contributed by atoms with Crippen LogP contribution in [0.25, 0.3) is 0 Å². The lowest BCUT2D eigenvalue weighted by atomic mass is 9.83. The van der Waals surface area contributed by atoms with E-state index in [2.05, 4.69) is 47.1 Å². The first-order chi connectivity index (χ1) is 15.1. The van der Waals surface area contributed by atoms with Crippen molar-refractivity contribution in [2.24, 2.45) is 0 Å². The van der Waals surface area contributed by atoms with E-state index in [1.54, 1.807) is 12.1 Å². The monoisotopic (exact) mass is 414 g/mol. The first-order valence-electron chi connectivity index (χ1n) is 11.0. The summed E-state index contributed by atoms with van der Waals surface area (Å²) in [6.07, 6.45) is 0.602. The van der Waals surface area contributed by atoms with E-state index in [1.807, 2.05) is 24.3 Å². The van der Waals surface area contributed by atoms with Crippen molar-refractivity contribution in [2.75, 3.05) is 26.2 Å². The molecule has 1 fully saturated rings. The quantitative estimate of drug-likeness (QED) is 0.624. The molecule has 1 aliphatic heterocycles. The van der Waals surface area contributed by atoms with Crippen LogP contribution in [0.2, 0.25) is 0 Å². The fraction of sp³-hybridized carbons (Fsp3) is 0.296. The second-order valence-corrected chi connectivity index (χ2v) is 8.79. The first kappa shape index (κ1) is 20.1. The second kappa shape index (κ2) is 8.03. The maximum atomic E-state index is 14.2. The minimum absolute atomic E-state index is 0.101. The zero-order valence-corrected chi connectivity index (χ0v) is 17.9. The molecule has 3 aromatic rings. The number of halogens is 1. The van der Waals surface area contributed by atoms with Gasteiger partial charge in [-0.25, -0.2) is 4.39 Å². The topological polar surface area (TPSA) is 23.6 Å². The van der Waals surface area contributed by atoms with E-state index >= 15 is 0 Å². The van der Waals surface area contributed by atoms with Crippen molar-refractivity contribution >= 4 is 5.78 Å². The molecular weight excluding hydrogens is 387 g/mol. The van der Waals surface area contributed by atoms with Crippen LogP contribution in [0.5, 0.6) is 0 Å². The van der Waals surface area contributed by atoms with E-state index < -0.39 is 5.54 Å². The number of Topliss-reactive ketones (excluding diaryl/α,β-unsaturated/α-hetero) is 1. The molecule has 0 saturated carbocycles. The smallest absolute Gasteiger partial charge is 0.188 e. The summed E-state index contributed by atoms with van der Waals surface area (Å²) in [7, 11) is 0. The van der Waals surface area contributed by atoms with E-state index in [-0.39, 0.29) is 11.6 Å². The van der Waals surface area contributed by atoms with Gasteiger partial charge in [0, 0.05) is 44.7 Å². The fourth-order valence-electron chi connectivity index (χ4n) is 5.22. The molecule has 3 aromatic carbocycles. The normalized spacial score (nSPS) is 21.9. The third-order valence-corrected chi connectivity index (χ3v) is 6.79. The zero-order valence-electron chi connectivity index (χ0n) is 17.9. The molecule has 3 nitrogen and oxygen atoms in total. The predicted molar refractivity (Wildman–Crippen MR) is 121 cm³/mol. The number of nitrogens with zero attached hydrogens (tertiary/aromatic N) is 2. The summed E-state index contributed by atoms with van der Waals surface area (Å²) in [5.74, 6) is -0.191. The van der Waals surface area contributed by atoms with Crippen molar-refractivity contribution in [3.8, 4) is 0 Å². The molecule has 1 aliphatic carbocycles. The van der Waals surface area contributed by atoms with Crippen LogP contribution >= 0.6 is 0 Å². The molecule has 0 N–H and O–H groups in total. The van der Waals surface area contributed by atoms with Gasteiger partial charge in [-0.3, -0.25) is 14.6 Å². The van der Waals surface area contributed by atoms with Crippen LogP contribution in [0.4, 0.5) is 4.39 Å². The summed E-state index contributed by atoms with van der Waals surface area (Å²) in [6.45, 7) is 6.29. The summed E-state index contributed by atoms with van der Waals surface area (Å²) < 4.78 is 14.2. The Morgan fingerprint density at radius 1 is 0.903 bits per heavy atom. The highest BCUT2D eigenvalue weighted by Crippen LogP contribution is 2.43. The summed E-state index contributed by atoms with van der Waals surface area (Å²) in [4.78, 5) is 18.6. The third-order valence-electron chi connectivity index (χ3n) is 6.79. The molecule has 0 radical (unpaired) electrons. The van der Waals surface area contributed by atoms with Crippen molar-refractivity contribution in [1.82, 2.24) is 9.80 Å². The van der Waals surface area contributed by atoms with Crippen LogP contribution in [0.15, 0.2) is 72.8 Å². The third kappa shape index (κ3) is 3.60. The highest BCUT2D eigenvalue weighted by molar-refractivity contribution is 6.08. The lowest BCUT2D eigenvalue weighted by molar-refractivity contribution is 0.0287. The lowest BCUT2D eigenvalue weighted by Crippen LogP contribution is -2.58. The van der Waals surface area contributed by atoms with Gasteiger partial charge < -0.3 is 0 Å². The van der Waals surface area contributed by atoms with E-state index in [9.17, 15) is 9.18 Å². The average Bonchev–Trinajstić information content (AvgIpc) is 3.07. The van der Waals surface area contributed by atoms with Gasteiger partial charge in [0.25, 0.3) is 0 Å². The Morgan fingerprint density at radius 3 is 2.42 bits per heavy atom. The number of ketones is 1. The summed E-state index contributed by atoms with van der Waals surface area (Å²) in [5.41, 5.74) is 4.24. The van der Waals surface area contributed by atoms with Crippen LogP contribution in [0, 0.1) is 12.7 Å². The summed E-state index contributed by atoms with van der Waals surface area (Å²) in [5, 5.41) is 0. The van der Waals surface area contributed by atoms with Gasteiger partial charge in [-0.1, -0.05) is 66.2 Å². The Morgan fingerprint density at radius 2 is 1.68 bits per heavy atom. The number of fused-ring (bicyclic) bond motifs is 1. The fourth-order valence-corrected chi connectivity index (χ4v) is 5.22. The number of aryl methyl sites for hydroxylation is 1. The molecule has 1 atom stereocenters. The molecule has 2 aliphatic rings. The van der Waals surface area contributed by atoms with Crippen LogP contribution in [-0.4, -0.2) is 41.8 Å². The molecule has 31 heavy (non-hydrogen) atoms. The number of hydrogen-bond acceptors (Lipinski definition) is 3. The number of carbonyl (C=O) groups excluding carboxylic acids is 1. The minimum Gasteiger partial charge on any atom is -0.297 e. The average molecular weight is 415 g/mol. The van der Waals surface area contributed by atoms with E-state index in [4.69, 9.17) is 0 Å². The molecule has 1 unspecified atom stereocenters.